The zero-order valence-corrected chi connectivity index (χ0v) is 15.1. The molecule has 1 aliphatic heterocycles. The van der Waals surface area contributed by atoms with Gasteiger partial charge in [-0.1, -0.05) is 66.2 Å². The van der Waals surface area contributed by atoms with Crippen LogP contribution < -0.4 is 4.90 Å². The van der Waals surface area contributed by atoms with E-state index in [4.69, 9.17) is 11.6 Å². The van der Waals surface area contributed by atoms with E-state index in [-0.39, 0.29) is 5.91 Å². The molecular weight excluding hydrogens is 356 g/mol. The van der Waals surface area contributed by atoms with Crippen LogP contribution in [0.3, 0.4) is 0 Å². The van der Waals surface area contributed by atoms with Gasteiger partial charge in [0.15, 0.2) is 0 Å². The largest absolute Gasteiger partial charge is 0.345 e. The highest BCUT2D eigenvalue weighted by Gasteiger charge is 2.33. The molecule has 0 unspecified atom stereocenters. The Labute approximate surface area is 161 Å². The van der Waals surface area contributed by atoms with Gasteiger partial charge in [0.25, 0.3) is 5.91 Å². The first-order valence-electron chi connectivity index (χ1n) is 8.71. The predicted molar refractivity (Wildman–Crippen MR) is 111 cm³/mol. The third-order valence-electron chi connectivity index (χ3n) is 4.87. The number of nitrogens with one attached hydrogen (secondary N) is 1. The Bertz CT molecular complexity index is 1210. The number of nitrogens with zero attached hydrogens (tertiary/aromatic N) is 1. The molecule has 0 atom stereocenters. The summed E-state index contributed by atoms with van der Waals surface area (Å²) < 4.78 is 0. The van der Waals surface area contributed by atoms with Crippen LogP contribution in [0.25, 0.3) is 22.6 Å². The molecule has 0 fully saturated rings. The van der Waals surface area contributed by atoms with Gasteiger partial charge in [0, 0.05) is 27.7 Å². The standard InChI is InChI=1S/C23H15ClN2O/c24-22-18(16-10-4-6-12-20(16)25-22)14-19-17-11-5-7-13-21(17)26(23(19)27)15-8-2-1-3-9-15/h1-14,25H/b19-14+. The van der Waals surface area contributed by atoms with Gasteiger partial charge in [-0.3, -0.25) is 9.69 Å². The van der Waals surface area contributed by atoms with Gasteiger partial charge in [0.2, 0.25) is 0 Å². The fourth-order valence-electron chi connectivity index (χ4n) is 3.63. The Morgan fingerprint density at radius 1 is 0.852 bits per heavy atom. The first-order valence-corrected chi connectivity index (χ1v) is 9.08. The van der Waals surface area contributed by atoms with Gasteiger partial charge in [-0.2, -0.15) is 0 Å². The minimum Gasteiger partial charge on any atom is -0.345 e. The summed E-state index contributed by atoms with van der Waals surface area (Å²) in [5.74, 6) is -0.0521. The summed E-state index contributed by atoms with van der Waals surface area (Å²) in [5.41, 5.74) is 5.07. The summed E-state index contributed by atoms with van der Waals surface area (Å²) in [6, 6.07) is 25.4. The second-order valence-corrected chi connectivity index (χ2v) is 6.83. The van der Waals surface area contributed by atoms with E-state index in [1.165, 1.54) is 0 Å². The van der Waals surface area contributed by atoms with Crippen molar-refractivity contribution in [2.24, 2.45) is 0 Å². The summed E-state index contributed by atoms with van der Waals surface area (Å²) in [5, 5.41) is 1.53. The van der Waals surface area contributed by atoms with Crippen LogP contribution in [-0.4, -0.2) is 10.9 Å². The highest BCUT2D eigenvalue weighted by atomic mass is 35.5. The lowest BCUT2D eigenvalue weighted by atomic mass is 10.0. The van der Waals surface area contributed by atoms with Crippen LogP contribution in [0.5, 0.6) is 0 Å². The highest BCUT2D eigenvalue weighted by molar-refractivity contribution is 6.40. The Morgan fingerprint density at radius 2 is 1.56 bits per heavy atom. The van der Waals surface area contributed by atoms with Crippen molar-refractivity contribution >= 4 is 51.4 Å². The van der Waals surface area contributed by atoms with E-state index in [0.717, 1.165) is 33.4 Å². The summed E-state index contributed by atoms with van der Waals surface area (Å²) in [7, 11) is 0. The van der Waals surface area contributed by atoms with Crippen molar-refractivity contribution in [2.75, 3.05) is 4.90 Å². The summed E-state index contributed by atoms with van der Waals surface area (Å²) >= 11 is 6.45. The zero-order valence-electron chi connectivity index (χ0n) is 14.3. The van der Waals surface area contributed by atoms with E-state index in [0.29, 0.717) is 10.7 Å². The fourth-order valence-corrected chi connectivity index (χ4v) is 3.89. The number of carbonyl (C=O) groups is 1. The van der Waals surface area contributed by atoms with Gasteiger partial charge >= 0.3 is 0 Å². The van der Waals surface area contributed by atoms with Crippen molar-refractivity contribution in [3.05, 3.63) is 95.1 Å². The Hall–Kier alpha value is -3.30. The molecule has 1 amide bonds. The third kappa shape index (κ3) is 2.47. The molecular formula is C23H15ClN2O. The van der Waals surface area contributed by atoms with Crippen LogP contribution in [0.2, 0.25) is 5.15 Å². The number of anilines is 2. The summed E-state index contributed by atoms with van der Waals surface area (Å²) in [4.78, 5) is 18.3. The Kier molecular flexibility index (Phi) is 3.62. The molecule has 0 aliphatic carbocycles. The van der Waals surface area contributed by atoms with E-state index < -0.39 is 0 Å². The molecule has 0 saturated heterocycles. The van der Waals surface area contributed by atoms with Crippen LogP contribution in [-0.2, 0) is 4.79 Å². The van der Waals surface area contributed by atoms with E-state index in [1.807, 2.05) is 84.9 Å². The van der Waals surface area contributed by atoms with Crippen molar-refractivity contribution in [2.45, 2.75) is 0 Å². The smallest absolute Gasteiger partial charge is 0.263 e. The van der Waals surface area contributed by atoms with Crippen molar-refractivity contribution in [3.63, 3.8) is 0 Å². The number of aromatic amines is 1. The van der Waals surface area contributed by atoms with Gasteiger partial charge in [0.05, 0.1) is 11.3 Å². The van der Waals surface area contributed by atoms with E-state index in [9.17, 15) is 4.79 Å². The molecule has 130 valence electrons. The molecule has 0 spiro atoms. The molecule has 2 heterocycles. The number of aromatic nitrogens is 1. The number of halogens is 1. The number of hydrogen-bond donors (Lipinski definition) is 1. The minimum absolute atomic E-state index is 0.0521. The Balaban J connectivity index is 1.72. The van der Waals surface area contributed by atoms with Gasteiger partial charge < -0.3 is 4.98 Å². The maximum atomic E-state index is 13.3. The van der Waals surface area contributed by atoms with E-state index >= 15 is 0 Å². The van der Waals surface area contributed by atoms with Crippen molar-refractivity contribution < 1.29 is 4.79 Å². The molecule has 0 bridgehead atoms. The third-order valence-corrected chi connectivity index (χ3v) is 5.17. The molecule has 5 rings (SSSR count). The van der Waals surface area contributed by atoms with Crippen LogP contribution in [0.1, 0.15) is 11.1 Å². The van der Waals surface area contributed by atoms with Crippen molar-refractivity contribution in [3.8, 4) is 0 Å². The summed E-state index contributed by atoms with van der Waals surface area (Å²) in [6.07, 6.45) is 1.89. The molecule has 4 heteroatoms. The molecule has 3 aromatic carbocycles. The summed E-state index contributed by atoms with van der Waals surface area (Å²) in [6.45, 7) is 0. The topological polar surface area (TPSA) is 36.1 Å². The minimum atomic E-state index is -0.0521. The second-order valence-electron chi connectivity index (χ2n) is 6.45. The van der Waals surface area contributed by atoms with Gasteiger partial charge in [-0.15, -0.1) is 0 Å². The number of amides is 1. The van der Waals surface area contributed by atoms with Gasteiger partial charge in [0.1, 0.15) is 5.15 Å². The number of fused-ring (bicyclic) bond motifs is 2. The SMILES string of the molecule is O=C1/C(=C/c2c(Cl)[nH]c3ccccc23)c2ccccc2N1c1ccccc1. The lowest BCUT2D eigenvalue weighted by Crippen LogP contribution is -2.20. The maximum Gasteiger partial charge on any atom is 0.263 e. The number of para-hydroxylation sites is 3. The average Bonchev–Trinajstić information content (AvgIpc) is 3.17. The maximum absolute atomic E-state index is 13.3. The van der Waals surface area contributed by atoms with Crippen LogP contribution in [0.4, 0.5) is 11.4 Å². The Morgan fingerprint density at radius 3 is 2.41 bits per heavy atom. The van der Waals surface area contributed by atoms with Gasteiger partial charge in [-0.25, -0.2) is 0 Å². The van der Waals surface area contributed by atoms with Crippen molar-refractivity contribution in [1.82, 2.24) is 4.98 Å². The van der Waals surface area contributed by atoms with Crippen LogP contribution in [0, 0.1) is 0 Å². The van der Waals surface area contributed by atoms with Crippen LogP contribution >= 0.6 is 11.6 Å². The molecule has 1 aliphatic rings. The highest BCUT2D eigenvalue weighted by Crippen LogP contribution is 2.43. The lowest BCUT2D eigenvalue weighted by molar-refractivity contribution is -0.112. The monoisotopic (exact) mass is 370 g/mol. The average molecular weight is 371 g/mol. The number of rotatable bonds is 2. The van der Waals surface area contributed by atoms with Gasteiger partial charge in [-0.05, 0) is 30.3 Å². The lowest BCUT2D eigenvalue weighted by Gasteiger charge is -2.16. The quantitative estimate of drug-likeness (QED) is 0.429. The molecule has 4 aromatic rings. The molecule has 3 nitrogen and oxygen atoms in total. The predicted octanol–water partition coefficient (Wildman–Crippen LogP) is 6.04. The second kappa shape index (κ2) is 6.15. The number of H-pyrrole nitrogens is 1. The van der Waals surface area contributed by atoms with Crippen LogP contribution in [0.15, 0.2) is 78.9 Å². The fraction of sp³-hybridized carbons (Fsp3) is 0. The number of benzene rings is 3. The molecule has 1 N–H and O–H groups in total. The normalized spacial score (nSPS) is 14.9. The van der Waals surface area contributed by atoms with Crippen molar-refractivity contribution in [1.29, 1.82) is 0 Å². The first kappa shape index (κ1) is 15.9. The van der Waals surface area contributed by atoms with E-state index in [1.54, 1.807) is 4.90 Å². The van der Waals surface area contributed by atoms with E-state index in [2.05, 4.69) is 4.98 Å². The zero-order chi connectivity index (χ0) is 18.4. The molecule has 27 heavy (non-hydrogen) atoms. The molecule has 0 radical (unpaired) electrons. The number of hydrogen-bond acceptors (Lipinski definition) is 1. The molecule has 0 saturated carbocycles. The molecule has 1 aromatic heterocycles. The number of carbonyl (C=O) groups excluding carboxylic acids is 1. The first-order chi connectivity index (χ1) is 13.2.